The van der Waals surface area contributed by atoms with Gasteiger partial charge in [-0.05, 0) is 38.1 Å². The van der Waals surface area contributed by atoms with Crippen LogP contribution in [0.25, 0.3) is 0 Å². The monoisotopic (exact) mass is 276 g/mol. The summed E-state index contributed by atoms with van der Waals surface area (Å²) in [5.41, 5.74) is 1.24. The number of nitrogens with zero attached hydrogens (tertiary/aromatic N) is 4. The van der Waals surface area contributed by atoms with E-state index in [4.69, 9.17) is 0 Å². The highest BCUT2D eigenvalue weighted by molar-refractivity contribution is 5.78. The molecule has 5 heteroatoms. The highest BCUT2D eigenvalue weighted by Crippen LogP contribution is 2.32. The summed E-state index contributed by atoms with van der Waals surface area (Å²) in [5, 5.41) is 4.25. The van der Waals surface area contributed by atoms with Gasteiger partial charge in [0, 0.05) is 38.4 Å². The lowest BCUT2D eigenvalue weighted by Crippen LogP contribution is -2.39. The first-order valence-electron chi connectivity index (χ1n) is 7.60. The fourth-order valence-electron chi connectivity index (χ4n) is 3.09. The standard InChI is InChI=1S/C15H24N4O/c1-17(9-12-5-6-12)15(20)11-19-7-3-4-14(19)13-8-16-18(2)10-13/h8,10,12,14H,3-7,9,11H2,1-2H3. The van der Waals surface area contributed by atoms with Gasteiger partial charge in [-0.2, -0.15) is 5.10 Å². The second kappa shape index (κ2) is 5.56. The molecule has 0 bridgehead atoms. The topological polar surface area (TPSA) is 41.4 Å². The Morgan fingerprint density at radius 1 is 1.45 bits per heavy atom. The van der Waals surface area contributed by atoms with E-state index in [0.29, 0.717) is 12.6 Å². The summed E-state index contributed by atoms with van der Waals surface area (Å²) in [6.45, 7) is 2.50. The van der Waals surface area contributed by atoms with Crippen LogP contribution in [0.2, 0.25) is 0 Å². The molecule has 5 nitrogen and oxygen atoms in total. The Hall–Kier alpha value is -1.36. The van der Waals surface area contributed by atoms with E-state index in [-0.39, 0.29) is 5.91 Å². The zero-order valence-corrected chi connectivity index (χ0v) is 12.5. The maximum absolute atomic E-state index is 12.3. The van der Waals surface area contributed by atoms with Crippen molar-refractivity contribution in [2.45, 2.75) is 31.7 Å². The first-order chi connectivity index (χ1) is 9.63. The zero-order chi connectivity index (χ0) is 14.1. The lowest BCUT2D eigenvalue weighted by atomic mass is 10.1. The third-order valence-corrected chi connectivity index (χ3v) is 4.47. The molecule has 2 aliphatic rings. The van der Waals surface area contributed by atoms with Gasteiger partial charge in [-0.15, -0.1) is 0 Å². The average Bonchev–Trinajstić information content (AvgIpc) is 2.94. The number of carbonyl (C=O) groups is 1. The fourth-order valence-corrected chi connectivity index (χ4v) is 3.09. The summed E-state index contributed by atoms with van der Waals surface area (Å²) >= 11 is 0. The lowest BCUT2D eigenvalue weighted by molar-refractivity contribution is -0.131. The molecule has 1 aromatic heterocycles. The van der Waals surface area contributed by atoms with Gasteiger partial charge in [0.25, 0.3) is 0 Å². The molecule has 20 heavy (non-hydrogen) atoms. The summed E-state index contributed by atoms with van der Waals surface area (Å²) < 4.78 is 1.84. The van der Waals surface area contributed by atoms with E-state index >= 15 is 0 Å². The van der Waals surface area contributed by atoms with Crippen LogP contribution in [0.15, 0.2) is 12.4 Å². The van der Waals surface area contributed by atoms with Crippen molar-refractivity contribution in [1.82, 2.24) is 19.6 Å². The highest BCUT2D eigenvalue weighted by Gasteiger charge is 2.30. The van der Waals surface area contributed by atoms with E-state index in [2.05, 4.69) is 16.2 Å². The minimum absolute atomic E-state index is 0.257. The van der Waals surface area contributed by atoms with E-state index in [9.17, 15) is 4.79 Å². The molecule has 0 N–H and O–H groups in total. The van der Waals surface area contributed by atoms with Gasteiger partial charge in [0.2, 0.25) is 5.91 Å². The molecule has 1 unspecified atom stereocenters. The number of aromatic nitrogens is 2. The summed E-state index contributed by atoms with van der Waals surface area (Å²) in [7, 11) is 3.88. The predicted octanol–water partition coefficient (Wildman–Crippen LogP) is 1.43. The Balaban J connectivity index is 1.59. The van der Waals surface area contributed by atoms with Crippen LogP contribution in [0.1, 0.15) is 37.3 Å². The molecular formula is C15H24N4O. The number of hydrogen-bond donors (Lipinski definition) is 0. The quantitative estimate of drug-likeness (QED) is 0.817. The predicted molar refractivity (Wildman–Crippen MR) is 77.1 cm³/mol. The molecule has 0 radical (unpaired) electrons. The number of rotatable bonds is 5. The summed E-state index contributed by atoms with van der Waals surface area (Å²) in [4.78, 5) is 16.5. The number of carbonyl (C=O) groups excluding carboxylic acids is 1. The maximum atomic E-state index is 12.3. The molecule has 1 amide bonds. The van der Waals surface area contributed by atoms with Crippen molar-refractivity contribution >= 4 is 5.91 Å². The van der Waals surface area contributed by atoms with Crippen LogP contribution < -0.4 is 0 Å². The molecule has 2 fully saturated rings. The van der Waals surface area contributed by atoms with Crippen LogP contribution in [-0.2, 0) is 11.8 Å². The van der Waals surface area contributed by atoms with Gasteiger partial charge in [-0.25, -0.2) is 0 Å². The molecule has 3 rings (SSSR count). The van der Waals surface area contributed by atoms with Crippen LogP contribution in [0.5, 0.6) is 0 Å². The Kier molecular flexibility index (Phi) is 3.78. The lowest BCUT2D eigenvalue weighted by Gasteiger charge is -2.26. The van der Waals surface area contributed by atoms with Gasteiger partial charge >= 0.3 is 0 Å². The van der Waals surface area contributed by atoms with E-state index in [1.54, 1.807) is 0 Å². The molecule has 0 aromatic carbocycles. The maximum Gasteiger partial charge on any atom is 0.236 e. The smallest absolute Gasteiger partial charge is 0.236 e. The second-order valence-electron chi connectivity index (χ2n) is 6.29. The molecule has 1 aliphatic heterocycles. The first-order valence-corrected chi connectivity index (χ1v) is 7.60. The average molecular weight is 276 g/mol. The minimum Gasteiger partial charge on any atom is -0.344 e. The Morgan fingerprint density at radius 3 is 2.90 bits per heavy atom. The fraction of sp³-hybridized carbons (Fsp3) is 0.733. The zero-order valence-electron chi connectivity index (χ0n) is 12.5. The Morgan fingerprint density at radius 2 is 2.25 bits per heavy atom. The van der Waals surface area contributed by atoms with Crippen LogP contribution in [-0.4, -0.2) is 52.2 Å². The first kappa shape index (κ1) is 13.6. The van der Waals surface area contributed by atoms with E-state index in [0.717, 1.165) is 25.4 Å². The number of likely N-dealkylation sites (tertiary alicyclic amines) is 1. The van der Waals surface area contributed by atoms with Crippen molar-refractivity contribution in [2.75, 3.05) is 26.7 Å². The van der Waals surface area contributed by atoms with Gasteiger partial charge in [0.05, 0.1) is 12.7 Å². The van der Waals surface area contributed by atoms with E-state index < -0.39 is 0 Å². The Labute approximate surface area is 120 Å². The van der Waals surface area contributed by atoms with Crippen molar-refractivity contribution in [3.8, 4) is 0 Å². The molecule has 1 atom stereocenters. The van der Waals surface area contributed by atoms with Gasteiger partial charge in [0.1, 0.15) is 0 Å². The van der Waals surface area contributed by atoms with Gasteiger partial charge < -0.3 is 4.90 Å². The largest absolute Gasteiger partial charge is 0.344 e. The molecule has 1 saturated carbocycles. The van der Waals surface area contributed by atoms with E-state index in [1.165, 1.54) is 24.8 Å². The van der Waals surface area contributed by atoms with Crippen molar-refractivity contribution in [3.63, 3.8) is 0 Å². The summed E-state index contributed by atoms with van der Waals surface area (Å²) in [6.07, 6.45) is 8.88. The molecule has 1 aliphatic carbocycles. The number of hydrogen-bond acceptors (Lipinski definition) is 3. The molecule has 1 aromatic rings. The normalized spacial score (nSPS) is 23.2. The molecule has 2 heterocycles. The van der Waals surface area contributed by atoms with Crippen molar-refractivity contribution in [2.24, 2.45) is 13.0 Å². The summed E-state index contributed by atoms with van der Waals surface area (Å²) in [6, 6.07) is 0.363. The number of likely N-dealkylation sites (N-methyl/N-ethyl adjacent to an activating group) is 1. The summed E-state index contributed by atoms with van der Waals surface area (Å²) in [5.74, 6) is 1.02. The molecular weight excluding hydrogens is 252 g/mol. The number of amides is 1. The number of aryl methyl sites for hydroxylation is 1. The van der Waals surface area contributed by atoms with E-state index in [1.807, 2.05) is 29.9 Å². The van der Waals surface area contributed by atoms with Crippen molar-refractivity contribution in [3.05, 3.63) is 18.0 Å². The third kappa shape index (κ3) is 3.03. The van der Waals surface area contributed by atoms with Crippen LogP contribution >= 0.6 is 0 Å². The van der Waals surface area contributed by atoms with Crippen LogP contribution in [0.3, 0.4) is 0 Å². The third-order valence-electron chi connectivity index (χ3n) is 4.47. The molecule has 0 spiro atoms. The van der Waals surface area contributed by atoms with Gasteiger partial charge in [0.15, 0.2) is 0 Å². The Bertz CT molecular complexity index is 480. The minimum atomic E-state index is 0.257. The molecule has 1 saturated heterocycles. The van der Waals surface area contributed by atoms with Crippen molar-refractivity contribution < 1.29 is 4.79 Å². The molecule has 110 valence electrons. The van der Waals surface area contributed by atoms with Crippen LogP contribution in [0.4, 0.5) is 0 Å². The highest BCUT2D eigenvalue weighted by atomic mass is 16.2. The van der Waals surface area contributed by atoms with Gasteiger partial charge in [-0.1, -0.05) is 0 Å². The SMILES string of the molecule is CN(CC1CC1)C(=O)CN1CCCC1c1cnn(C)c1. The van der Waals surface area contributed by atoms with Crippen LogP contribution in [0, 0.1) is 5.92 Å². The van der Waals surface area contributed by atoms with Gasteiger partial charge in [-0.3, -0.25) is 14.4 Å². The van der Waals surface area contributed by atoms with Crippen molar-refractivity contribution in [1.29, 1.82) is 0 Å². The second-order valence-corrected chi connectivity index (χ2v) is 6.29.